The summed E-state index contributed by atoms with van der Waals surface area (Å²) in [5.41, 5.74) is 0.672. The molecule has 1 aromatic carbocycles. The average molecular weight is 354 g/mol. The lowest BCUT2D eigenvalue weighted by Crippen LogP contribution is -2.41. The number of carboxylic acid groups (broad SMARTS) is 1. The highest BCUT2D eigenvalue weighted by Crippen LogP contribution is 2.29. The average Bonchev–Trinajstić information content (AvgIpc) is 3.01. The lowest BCUT2D eigenvalue weighted by atomic mass is 10.2. The summed E-state index contributed by atoms with van der Waals surface area (Å²) < 4.78 is 5.50. The quantitative estimate of drug-likeness (QED) is 0.795. The van der Waals surface area contributed by atoms with E-state index >= 15 is 0 Å². The maximum atomic E-state index is 12.1. The number of halogens is 1. The molecule has 7 heteroatoms. The fourth-order valence-corrected chi connectivity index (χ4v) is 2.69. The fraction of sp³-hybridized carbons (Fsp3) is 0.250. The van der Waals surface area contributed by atoms with E-state index in [0.717, 1.165) is 0 Å². The molecule has 0 radical (unpaired) electrons. The van der Waals surface area contributed by atoms with Gasteiger partial charge in [0.1, 0.15) is 11.8 Å². The van der Waals surface area contributed by atoms with Crippen molar-refractivity contribution >= 4 is 35.2 Å². The fourth-order valence-electron chi connectivity index (χ4n) is 1.99. The summed E-state index contributed by atoms with van der Waals surface area (Å²) in [5.74, 6) is -0.477. The minimum absolute atomic E-state index is 0.0512. The van der Waals surface area contributed by atoms with E-state index in [1.165, 1.54) is 17.8 Å². The molecule has 0 fully saturated rings. The van der Waals surface area contributed by atoms with Gasteiger partial charge in [-0.25, -0.2) is 4.79 Å². The number of hydrogen-bond acceptors (Lipinski definition) is 4. The van der Waals surface area contributed by atoms with E-state index in [-0.39, 0.29) is 5.76 Å². The van der Waals surface area contributed by atoms with Crippen LogP contribution in [0.1, 0.15) is 17.0 Å². The molecule has 0 aliphatic carbocycles. The molecule has 5 nitrogen and oxygen atoms in total. The zero-order valence-corrected chi connectivity index (χ0v) is 14.0. The molecule has 2 aromatic rings. The van der Waals surface area contributed by atoms with Crippen LogP contribution in [0, 0.1) is 0 Å². The van der Waals surface area contributed by atoms with Crippen LogP contribution in [0.5, 0.6) is 0 Å². The molecule has 23 heavy (non-hydrogen) atoms. The Morgan fingerprint density at radius 2 is 2.04 bits per heavy atom. The third-order valence-electron chi connectivity index (χ3n) is 3.18. The Kier molecular flexibility index (Phi) is 6.12. The van der Waals surface area contributed by atoms with Gasteiger partial charge in [-0.2, -0.15) is 11.8 Å². The Balaban J connectivity index is 2.12. The summed E-state index contributed by atoms with van der Waals surface area (Å²) in [7, 11) is 0. The normalized spacial score (nSPS) is 11.9. The predicted molar refractivity (Wildman–Crippen MR) is 91.0 cm³/mol. The van der Waals surface area contributed by atoms with Crippen molar-refractivity contribution in [2.75, 3.05) is 12.0 Å². The number of hydrogen-bond donors (Lipinski definition) is 2. The van der Waals surface area contributed by atoms with Crippen LogP contribution in [0.2, 0.25) is 5.02 Å². The largest absolute Gasteiger partial charge is 0.480 e. The van der Waals surface area contributed by atoms with E-state index in [9.17, 15) is 9.59 Å². The second-order valence-corrected chi connectivity index (χ2v) is 6.18. The molecule has 0 aliphatic heterocycles. The smallest absolute Gasteiger partial charge is 0.326 e. The van der Waals surface area contributed by atoms with Gasteiger partial charge in [-0.1, -0.05) is 23.7 Å². The van der Waals surface area contributed by atoms with Crippen molar-refractivity contribution in [3.05, 3.63) is 47.2 Å². The number of nitrogens with one attached hydrogen (secondary N) is 1. The summed E-state index contributed by atoms with van der Waals surface area (Å²) in [6.07, 6.45) is 2.23. The van der Waals surface area contributed by atoms with Crippen molar-refractivity contribution in [1.82, 2.24) is 5.32 Å². The van der Waals surface area contributed by atoms with Gasteiger partial charge in [0.2, 0.25) is 0 Å². The molecular formula is C16H16ClNO4S. The number of furan rings is 1. The highest BCUT2D eigenvalue weighted by atomic mass is 35.5. The molecule has 0 unspecified atom stereocenters. The minimum Gasteiger partial charge on any atom is -0.480 e. The third-order valence-corrected chi connectivity index (χ3v) is 4.16. The number of benzene rings is 1. The van der Waals surface area contributed by atoms with Crippen molar-refractivity contribution in [3.8, 4) is 11.3 Å². The van der Waals surface area contributed by atoms with Gasteiger partial charge in [-0.05, 0) is 42.7 Å². The molecule has 2 rings (SSSR count). The standard InChI is InChI=1S/C16H16ClNO4S/c1-23-9-8-12(16(20)21)18-15(19)14-7-6-13(22-14)10-4-2-3-5-11(10)17/h2-7,12H,8-9H2,1H3,(H,18,19)(H,20,21)/t12-/m0/s1. The Bertz CT molecular complexity index is 701. The number of carboxylic acids is 1. The van der Waals surface area contributed by atoms with E-state index in [4.69, 9.17) is 21.1 Å². The molecule has 0 spiro atoms. The van der Waals surface area contributed by atoms with Crippen molar-refractivity contribution in [2.45, 2.75) is 12.5 Å². The topological polar surface area (TPSA) is 79.5 Å². The van der Waals surface area contributed by atoms with Crippen LogP contribution in [-0.4, -0.2) is 35.0 Å². The monoisotopic (exact) mass is 353 g/mol. The third kappa shape index (κ3) is 4.53. The Labute approximate surface area is 143 Å². The van der Waals surface area contributed by atoms with E-state index in [2.05, 4.69) is 5.32 Å². The lowest BCUT2D eigenvalue weighted by molar-refractivity contribution is -0.139. The first kappa shape index (κ1) is 17.4. The number of carbonyl (C=O) groups excluding carboxylic acids is 1. The summed E-state index contributed by atoms with van der Waals surface area (Å²) in [6.45, 7) is 0. The Morgan fingerprint density at radius 3 is 2.70 bits per heavy atom. The van der Waals surface area contributed by atoms with E-state index in [1.54, 1.807) is 24.3 Å². The molecule has 1 amide bonds. The van der Waals surface area contributed by atoms with Gasteiger partial charge in [0, 0.05) is 5.56 Å². The zero-order valence-electron chi connectivity index (χ0n) is 12.4. The molecule has 2 N–H and O–H groups in total. The predicted octanol–water partition coefficient (Wildman–Crippen LogP) is 3.54. The van der Waals surface area contributed by atoms with E-state index < -0.39 is 17.9 Å². The summed E-state index contributed by atoms with van der Waals surface area (Å²) in [6, 6.07) is 9.31. The zero-order chi connectivity index (χ0) is 16.8. The van der Waals surface area contributed by atoms with Gasteiger partial charge >= 0.3 is 5.97 Å². The SMILES string of the molecule is CSCC[C@H](NC(=O)c1ccc(-c2ccccc2Cl)o1)C(=O)O. The molecule has 0 saturated carbocycles. The van der Waals surface area contributed by atoms with Gasteiger partial charge in [-0.15, -0.1) is 0 Å². The van der Waals surface area contributed by atoms with Crippen LogP contribution in [0.15, 0.2) is 40.8 Å². The molecule has 1 aromatic heterocycles. The van der Waals surface area contributed by atoms with Crippen LogP contribution in [0.4, 0.5) is 0 Å². The molecule has 0 aliphatic rings. The van der Waals surface area contributed by atoms with Crippen molar-refractivity contribution in [3.63, 3.8) is 0 Å². The first-order valence-electron chi connectivity index (χ1n) is 6.90. The van der Waals surface area contributed by atoms with Crippen molar-refractivity contribution in [1.29, 1.82) is 0 Å². The summed E-state index contributed by atoms with van der Waals surface area (Å²) in [4.78, 5) is 23.3. The molecule has 1 heterocycles. The van der Waals surface area contributed by atoms with Gasteiger partial charge in [0.15, 0.2) is 5.76 Å². The Morgan fingerprint density at radius 1 is 1.30 bits per heavy atom. The number of amides is 1. The van der Waals surface area contributed by atoms with Gasteiger partial charge in [-0.3, -0.25) is 4.79 Å². The van der Waals surface area contributed by atoms with E-state index in [1.807, 2.05) is 12.3 Å². The molecule has 0 saturated heterocycles. The maximum Gasteiger partial charge on any atom is 0.326 e. The van der Waals surface area contributed by atoms with Crippen LogP contribution in [0.3, 0.4) is 0 Å². The summed E-state index contributed by atoms with van der Waals surface area (Å²) in [5, 5.41) is 12.1. The number of aliphatic carboxylic acids is 1. The van der Waals surface area contributed by atoms with E-state index in [0.29, 0.717) is 28.5 Å². The minimum atomic E-state index is -1.06. The highest BCUT2D eigenvalue weighted by Gasteiger charge is 2.22. The molecule has 0 bridgehead atoms. The molecule has 122 valence electrons. The lowest BCUT2D eigenvalue weighted by Gasteiger charge is -2.12. The highest BCUT2D eigenvalue weighted by molar-refractivity contribution is 7.98. The van der Waals surface area contributed by atoms with Crippen LogP contribution < -0.4 is 5.32 Å². The molecule has 1 atom stereocenters. The van der Waals surface area contributed by atoms with Crippen molar-refractivity contribution < 1.29 is 19.1 Å². The summed E-state index contributed by atoms with van der Waals surface area (Å²) >= 11 is 7.61. The second kappa shape index (κ2) is 8.08. The van der Waals surface area contributed by atoms with Gasteiger partial charge < -0.3 is 14.8 Å². The molecular weight excluding hydrogens is 338 g/mol. The Hall–Kier alpha value is -1.92. The number of rotatable bonds is 7. The van der Waals surface area contributed by atoms with Gasteiger partial charge in [0.05, 0.1) is 5.02 Å². The second-order valence-electron chi connectivity index (χ2n) is 4.79. The first-order chi connectivity index (χ1) is 11.0. The number of thioether (sulfide) groups is 1. The first-order valence-corrected chi connectivity index (χ1v) is 8.67. The van der Waals surface area contributed by atoms with Crippen LogP contribution in [0.25, 0.3) is 11.3 Å². The number of carbonyl (C=O) groups is 2. The van der Waals surface area contributed by atoms with Gasteiger partial charge in [0.25, 0.3) is 5.91 Å². The van der Waals surface area contributed by atoms with Crippen molar-refractivity contribution in [2.24, 2.45) is 0 Å². The van der Waals surface area contributed by atoms with Crippen LogP contribution in [-0.2, 0) is 4.79 Å². The van der Waals surface area contributed by atoms with Crippen LogP contribution >= 0.6 is 23.4 Å². The maximum absolute atomic E-state index is 12.1.